The minimum Gasteiger partial charge on any atom is -0.459 e. The molecule has 0 atom stereocenters. The Bertz CT molecular complexity index is 1090. The van der Waals surface area contributed by atoms with Crippen molar-refractivity contribution in [2.24, 2.45) is 5.92 Å². The number of benzene rings is 1. The van der Waals surface area contributed by atoms with Crippen molar-refractivity contribution in [2.45, 2.75) is 12.8 Å². The van der Waals surface area contributed by atoms with Crippen molar-refractivity contribution < 1.29 is 4.42 Å². The van der Waals surface area contributed by atoms with E-state index in [1.165, 1.54) is 0 Å². The Morgan fingerprint density at radius 1 is 1.21 bits per heavy atom. The highest BCUT2D eigenvalue weighted by Crippen LogP contribution is 2.30. The highest BCUT2D eigenvalue weighted by atomic mass is 16.3. The molecule has 1 aliphatic heterocycles. The van der Waals surface area contributed by atoms with E-state index in [-0.39, 0.29) is 0 Å². The third-order valence-electron chi connectivity index (χ3n) is 5.39. The molecule has 0 bridgehead atoms. The summed E-state index contributed by atoms with van der Waals surface area (Å²) >= 11 is 0. The molecule has 8 nitrogen and oxygen atoms in total. The Kier molecular flexibility index (Phi) is 4.32. The maximum Gasteiger partial charge on any atom is 0.229 e. The zero-order valence-electron chi connectivity index (χ0n) is 15.8. The average molecular weight is 377 g/mol. The van der Waals surface area contributed by atoms with Crippen molar-refractivity contribution in [1.29, 1.82) is 0 Å². The molecular weight excluding hydrogens is 354 g/mol. The van der Waals surface area contributed by atoms with E-state index in [9.17, 15) is 0 Å². The molecule has 0 amide bonds. The second-order valence-corrected chi connectivity index (χ2v) is 7.29. The zero-order chi connectivity index (χ0) is 18.9. The van der Waals surface area contributed by atoms with Crippen LogP contribution in [0.15, 0.2) is 41.1 Å². The van der Waals surface area contributed by atoms with Gasteiger partial charge in [0, 0.05) is 30.2 Å². The van der Waals surface area contributed by atoms with Gasteiger partial charge in [0.2, 0.25) is 5.95 Å². The van der Waals surface area contributed by atoms with E-state index in [4.69, 9.17) is 9.40 Å². The van der Waals surface area contributed by atoms with Crippen LogP contribution in [0.2, 0.25) is 0 Å². The predicted molar refractivity (Wildman–Crippen MR) is 110 cm³/mol. The SMILES string of the molecule is CNCC1CCN(c2nc(Nc3ccc4cn[nH]c4c3)nc3ccoc23)CC1. The molecule has 0 aliphatic carbocycles. The first kappa shape index (κ1) is 17.0. The number of aromatic nitrogens is 4. The number of aromatic amines is 1. The van der Waals surface area contributed by atoms with Crippen LogP contribution in [0, 0.1) is 5.92 Å². The lowest BCUT2D eigenvalue weighted by atomic mass is 9.97. The smallest absolute Gasteiger partial charge is 0.229 e. The van der Waals surface area contributed by atoms with Crippen molar-refractivity contribution >= 4 is 39.5 Å². The summed E-state index contributed by atoms with van der Waals surface area (Å²) in [7, 11) is 2.02. The predicted octanol–water partition coefficient (Wildman–Crippen LogP) is 3.28. The normalized spacial score (nSPS) is 15.5. The Morgan fingerprint density at radius 2 is 2.11 bits per heavy atom. The minimum atomic E-state index is 0.570. The van der Waals surface area contributed by atoms with Gasteiger partial charge in [-0.05, 0) is 50.6 Å². The van der Waals surface area contributed by atoms with Crippen molar-refractivity contribution in [3.8, 4) is 0 Å². The van der Waals surface area contributed by atoms with Gasteiger partial charge in [-0.1, -0.05) is 0 Å². The molecule has 0 saturated carbocycles. The quantitative estimate of drug-likeness (QED) is 0.491. The van der Waals surface area contributed by atoms with Crippen LogP contribution >= 0.6 is 0 Å². The van der Waals surface area contributed by atoms with Crippen LogP contribution in [0.25, 0.3) is 22.0 Å². The lowest BCUT2D eigenvalue weighted by molar-refractivity contribution is 0.392. The summed E-state index contributed by atoms with van der Waals surface area (Å²) in [5.41, 5.74) is 3.45. The van der Waals surface area contributed by atoms with Gasteiger partial charge >= 0.3 is 0 Å². The topological polar surface area (TPSA) is 94.9 Å². The number of nitrogens with zero attached hydrogens (tertiary/aromatic N) is 4. The molecule has 8 heteroatoms. The van der Waals surface area contributed by atoms with Gasteiger partial charge in [0.15, 0.2) is 11.4 Å². The fourth-order valence-corrected chi connectivity index (χ4v) is 3.90. The molecule has 5 rings (SSSR count). The van der Waals surface area contributed by atoms with E-state index in [1.54, 1.807) is 6.26 Å². The Balaban J connectivity index is 1.44. The van der Waals surface area contributed by atoms with Crippen LogP contribution in [0.1, 0.15) is 12.8 Å². The van der Waals surface area contributed by atoms with Gasteiger partial charge in [-0.25, -0.2) is 4.98 Å². The lowest BCUT2D eigenvalue weighted by Gasteiger charge is -2.32. The van der Waals surface area contributed by atoms with Gasteiger partial charge < -0.3 is 20.0 Å². The summed E-state index contributed by atoms with van der Waals surface area (Å²) in [5.74, 6) is 2.15. The molecule has 0 unspecified atom stereocenters. The fourth-order valence-electron chi connectivity index (χ4n) is 3.90. The van der Waals surface area contributed by atoms with Crippen molar-refractivity contribution in [1.82, 2.24) is 25.5 Å². The van der Waals surface area contributed by atoms with Gasteiger partial charge in [-0.3, -0.25) is 5.10 Å². The largest absolute Gasteiger partial charge is 0.459 e. The van der Waals surface area contributed by atoms with Crippen LogP contribution in [-0.2, 0) is 0 Å². The number of piperidine rings is 1. The molecule has 1 aromatic carbocycles. The van der Waals surface area contributed by atoms with E-state index in [1.807, 2.05) is 37.5 Å². The number of rotatable bonds is 5. The third kappa shape index (κ3) is 3.16. The number of H-pyrrole nitrogens is 1. The molecule has 1 fully saturated rings. The molecule has 28 heavy (non-hydrogen) atoms. The maximum atomic E-state index is 5.71. The minimum absolute atomic E-state index is 0.570. The van der Waals surface area contributed by atoms with E-state index in [0.29, 0.717) is 11.9 Å². The highest BCUT2D eigenvalue weighted by Gasteiger charge is 2.23. The molecule has 1 aliphatic rings. The number of fused-ring (bicyclic) bond motifs is 2. The van der Waals surface area contributed by atoms with Crippen LogP contribution in [0.3, 0.4) is 0 Å². The molecule has 0 spiro atoms. The van der Waals surface area contributed by atoms with Crippen LogP contribution in [0.4, 0.5) is 17.5 Å². The molecule has 1 saturated heterocycles. The summed E-state index contributed by atoms with van der Waals surface area (Å²) in [5, 5.41) is 14.7. The summed E-state index contributed by atoms with van der Waals surface area (Å²) in [6, 6.07) is 7.92. The van der Waals surface area contributed by atoms with Crippen molar-refractivity contribution in [3.63, 3.8) is 0 Å². The van der Waals surface area contributed by atoms with Crippen LogP contribution in [-0.4, -0.2) is 46.8 Å². The van der Waals surface area contributed by atoms with Crippen LogP contribution < -0.4 is 15.5 Å². The second-order valence-electron chi connectivity index (χ2n) is 7.29. The van der Waals surface area contributed by atoms with Crippen LogP contribution in [0.5, 0.6) is 0 Å². The molecule has 3 aromatic heterocycles. The average Bonchev–Trinajstić information content (AvgIpc) is 3.37. The Hall–Kier alpha value is -3.13. The number of hydrogen-bond acceptors (Lipinski definition) is 7. The maximum absolute atomic E-state index is 5.71. The third-order valence-corrected chi connectivity index (χ3v) is 5.39. The van der Waals surface area contributed by atoms with Gasteiger partial charge in [0.1, 0.15) is 5.52 Å². The Morgan fingerprint density at radius 3 is 2.96 bits per heavy atom. The lowest BCUT2D eigenvalue weighted by Crippen LogP contribution is -2.37. The van der Waals surface area contributed by atoms with E-state index >= 15 is 0 Å². The van der Waals surface area contributed by atoms with Gasteiger partial charge in [-0.2, -0.15) is 10.1 Å². The van der Waals surface area contributed by atoms with Crippen molar-refractivity contribution in [2.75, 3.05) is 36.9 Å². The molecular formula is C20H23N7O. The highest BCUT2D eigenvalue weighted by molar-refractivity contribution is 5.86. The zero-order valence-corrected chi connectivity index (χ0v) is 15.8. The second kappa shape index (κ2) is 7.12. The molecule has 144 valence electrons. The monoisotopic (exact) mass is 377 g/mol. The fraction of sp³-hybridized carbons (Fsp3) is 0.350. The van der Waals surface area contributed by atoms with Crippen molar-refractivity contribution in [3.05, 3.63) is 36.7 Å². The standard InChI is InChI=1S/C20H23N7O/c1-21-11-13-4-7-27(8-5-13)19-18-16(6-9-28-18)24-20(25-19)23-15-3-2-14-12-22-26-17(14)10-15/h2-3,6,9-10,12-13,21H,4-5,7-8,11H2,1H3,(H,22,26)(H,23,24,25). The number of anilines is 3. The van der Waals surface area contributed by atoms with E-state index in [2.05, 4.69) is 30.7 Å². The molecule has 3 N–H and O–H groups in total. The summed E-state index contributed by atoms with van der Waals surface area (Å²) in [6.45, 7) is 3.01. The number of hydrogen-bond donors (Lipinski definition) is 3. The summed E-state index contributed by atoms with van der Waals surface area (Å²) in [6.07, 6.45) is 5.78. The number of nitrogens with one attached hydrogen (secondary N) is 3. The van der Waals surface area contributed by atoms with Gasteiger partial charge in [0.25, 0.3) is 0 Å². The Labute approximate surface area is 162 Å². The van der Waals surface area contributed by atoms with Gasteiger partial charge in [0.05, 0.1) is 18.0 Å². The van der Waals surface area contributed by atoms with E-state index in [0.717, 1.165) is 66.0 Å². The first-order valence-corrected chi connectivity index (χ1v) is 9.65. The first-order valence-electron chi connectivity index (χ1n) is 9.65. The number of furan rings is 1. The molecule has 0 radical (unpaired) electrons. The summed E-state index contributed by atoms with van der Waals surface area (Å²) < 4.78 is 5.71. The molecule has 4 heterocycles. The molecule has 4 aromatic rings. The summed E-state index contributed by atoms with van der Waals surface area (Å²) in [4.78, 5) is 11.7. The van der Waals surface area contributed by atoms with Gasteiger partial charge in [-0.15, -0.1) is 0 Å². The van der Waals surface area contributed by atoms with E-state index < -0.39 is 0 Å². The first-order chi connectivity index (χ1) is 13.8.